The molecule has 1 heterocycles. The summed E-state index contributed by atoms with van der Waals surface area (Å²) in [6.45, 7) is 7.01. The maximum Gasteiger partial charge on any atom is 0.169 e. The van der Waals surface area contributed by atoms with Crippen molar-refractivity contribution in [1.82, 2.24) is 5.32 Å². The van der Waals surface area contributed by atoms with Crippen LogP contribution in [0.1, 0.15) is 32.6 Å². The molecule has 0 amide bonds. The summed E-state index contributed by atoms with van der Waals surface area (Å²) in [7, 11) is 0. The largest absolute Gasteiger partial charge is 0.453 e. The van der Waals surface area contributed by atoms with Crippen LogP contribution in [0.15, 0.2) is 21.2 Å². The van der Waals surface area contributed by atoms with Crippen LogP contribution in [-0.4, -0.2) is 18.3 Å². The summed E-state index contributed by atoms with van der Waals surface area (Å²) >= 11 is 3.27. The first-order chi connectivity index (χ1) is 6.94. The van der Waals surface area contributed by atoms with Crippen LogP contribution in [-0.2, 0) is 0 Å². The van der Waals surface area contributed by atoms with Gasteiger partial charge in [-0.25, -0.2) is 0 Å². The first-order valence-electron chi connectivity index (χ1n) is 5.04. The normalized spacial score (nSPS) is 14.2. The van der Waals surface area contributed by atoms with E-state index in [1.54, 1.807) is 0 Å². The van der Waals surface area contributed by atoms with Gasteiger partial charge in [0.1, 0.15) is 5.76 Å². The number of rotatable bonds is 5. The third-order valence-electron chi connectivity index (χ3n) is 2.34. The first kappa shape index (κ1) is 12.7. The Morgan fingerprint density at radius 2 is 2.20 bits per heavy atom. The topological polar surface area (TPSA) is 45.4 Å². The Kier molecular flexibility index (Phi) is 4.37. The highest BCUT2D eigenvalue weighted by Crippen LogP contribution is 2.21. The van der Waals surface area contributed by atoms with Crippen LogP contribution >= 0.6 is 15.9 Å². The summed E-state index contributed by atoms with van der Waals surface area (Å²) in [5.41, 5.74) is -0.0991. The van der Waals surface area contributed by atoms with Gasteiger partial charge in [-0.05, 0) is 35.0 Å². The van der Waals surface area contributed by atoms with Crippen LogP contribution in [0.5, 0.6) is 0 Å². The molecule has 0 fully saturated rings. The highest BCUT2D eigenvalue weighted by Gasteiger charge is 2.18. The van der Waals surface area contributed by atoms with Crippen LogP contribution in [0.25, 0.3) is 0 Å². The van der Waals surface area contributed by atoms with Crippen LogP contribution in [0.2, 0.25) is 0 Å². The Bertz CT molecular complexity index is 309. The zero-order valence-corrected chi connectivity index (χ0v) is 11.0. The minimum absolute atomic E-state index is 0.0991. The van der Waals surface area contributed by atoms with Crippen molar-refractivity contribution in [2.75, 3.05) is 13.2 Å². The predicted molar refractivity (Wildman–Crippen MR) is 63.7 cm³/mol. The van der Waals surface area contributed by atoms with E-state index in [4.69, 9.17) is 9.52 Å². The van der Waals surface area contributed by atoms with Gasteiger partial charge in [0.25, 0.3) is 0 Å². The van der Waals surface area contributed by atoms with Crippen LogP contribution < -0.4 is 5.32 Å². The Morgan fingerprint density at radius 3 is 2.67 bits per heavy atom. The molecule has 0 saturated heterocycles. The molecule has 0 spiro atoms. The molecule has 0 bridgehead atoms. The lowest BCUT2D eigenvalue weighted by Gasteiger charge is -2.24. The number of hydrogen-bond acceptors (Lipinski definition) is 3. The molecule has 3 nitrogen and oxygen atoms in total. The Labute approximate surface area is 99.0 Å². The number of aliphatic hydroxyl groups excluding tert-OH is 1. The van der Waals surface area contributed by atoms with Crippen LogP contribution in [0, 0.1) is 5.41 Å². The molecule has 1 atom stereocenters. The third-order valence-corrected chi connectivity index (χ3v) is 2.76. The molecule has 1 aromatic heterocycles. The quantitative estimate of drug-likeness (QED) is 0.869. The molecular weight excluding hydrogens is 258 g/mol. The SMILES string of the molecule is CC(NCC(C)(C)CO)c1ccc(Br)o1. The summed E-state index contributed by atoms with van der Waals surface area (Å²) in [5.74, 6) is 0.899. The number of aliphatic hydroxyl groups is 1. The van der Waals surface area contributed by atoms with E-state index in [0.717, 1.165) is 17.0 Å². The molecule has 0 aliphatic rings. The van der Waals surface area contributed by atoms with Gasteiger partial charge in [0, 0.05) is 18.6 Å². The van der Waals surface area contributed by atoms with Crippen molar-refractivity contribution in [3.05, 3.63) is 22.6 Å². The third kappa shape index (κ3) is 3.97. The Morgan fingerprint density at radius 1 is 1.53 bits per heavy atom. The predicted octanol–water partition coefficient (Wildman–Crippen LogP) is 2.71. The summed E-state index contributed by atoms with van der Waals surface area (Å²) in [5, 5.41) is 12.4. The fourth-order valence-corrected chi connectivity index (χ4v) is 1.47. The fraction of sp³-hybridized carbons (Fsp3) is 0.636. The van der Waals surface area contributed by atoms with Crippen molar-refractivity contribution in [3.63, 3.8) is 0 Å². The molecule has 1 aromatic rings. The van der Waals surface area contributed by atoms with Gasteiger partial charge in [-0.3, -0.25) is 0 Å². The lowest BCUT2D eigenvalue weighted by atomic mass is 9.94. The van der Waals surface area contributed by atoms with Crippen LogP contribution in [0.3, 0.4) is 0 Å². The lowest BCUT2D eigenvalue weighted by molar-refractivity contribution is 0.152. The molecule has 4 heteroatoms. The van der Waals surface area contributed by atoms with Gasteiger partial charge >= 0.3 is 0 Å². The van der Waals surface area contributed by atoms with E-state index in [9.17, 15) is 0 Å². The number of halogens is 1. The van der Waals surface area contributed by atoms with E-state index in [-0.39, 0.29) is 18.1 Å². The highest BCUT2D eigenvalue weighted by molar-refractivity contribution is 9.10. The van der Waals surface area contributed by atoms with Gasteiger partial charge in [-0.2, -0.15) is 0 Å². The average molecular weight is 276 g/mol. The standard InChI is InChI=1S/C11H18BrNO2/c1-8(9-4-5-10(12)15-9)13-6-11(2,3)7-14/h4-5,8,13-14H,6-7H2,1-3H3. The van der Waals surface area contributed by atoms with Crippen LogP contribution in [0.4, 0.5) is 0 Å². The zero-order valence-electron chi connectivity index (χ0n) is 9.38. The van der Waals surface area contributed by atoms with Crippen molar-refractivity contribution >= 4 is 15.9 Å². The van der Waals surface area contributed by atoms with Crippen molar-refractivity contribution in [2.24, 2.45) is 5.41 Å². The minimum Gasteiger partial charge on any atom is -0.453 e. The summed E-state index contributed by atoms with van der Waals surface area (Å²) in [6.07, 6.45) is 0. The van der Waals surface area contributed by atoms with E-state index in [1.807, 2.05) is 32.9 Å². The van der Waals surface area contributed by atoms with Gasteiger partial charge < -0.3 is 14.8 Å². The summed E-state index contributed by atoms with van der Waals surface area (Å²) < 4.78 is 6.18. The molecule has 0 saturated carbocycles. The van der Waals surface area contributed by atoms with E-state index >= 15 is 0 Å². The average Bonchev–Trinajstić information content (AvgIpc) is 2.61. The van der Waals surface area contributed by atoms with Gasteiger partial charge in [0.2, 0.25) is 0 Å². The molecule has 1 unspecified atom stereocenters. The lowest BCUT2D eigenvalue weighted by Crippen LogP contribution is -2.33. The van der Waals surface area contributed by atoms with Crippen molar-refractivity contribution in [2.45, 2.75) is 26.8 Å². The van der Waals surface area contributed by atoms with Gasteiger partial charge in [0.05, 0.1) is 6.04 Å². The van der Waals surface area contributed by atoms with Crippen molar-refractivity contribution < 1.29 is 9.52 Å². The molecule has 0 aliphatic carbocycles. The van der Waals surface area contributed by atoms with Gasteiger partial charge in [0.15, 0.2) is 4.67 Å². The maximum absolute atomic E-state index is 9.11. The molecule has 0 radical (unpaired) electrons. The fourth-order valence-electron chi connectivity index (χ4n) is 1.15. The minimum atomic E-state index is -0.0991. The highest BCUT2D eigenvalue weighted by atomic mass is 79.9. The Balaban J connectivity index is 2.46. The van der Waals surface area contributed by atoms with E-state index in [1.165, 1.54) is 0 Å². The maximum atomic E-state index is 9.11. The monoisotopic (exact) mass is 275 g/mol. The molecule has 0 aliphatic heterocycles. The first-order valence-corrected chi connectivity index (χ1v) is 5.83. The number of furan rings is 1. The smallest absolute Gasteiger partial charge is 0.169 e. The van der Waals surface area contributed by atoms with Crippen molar-refractivity contribution in [1.29, 1.82) is 0 Å². The van der Waals surface area contributed by atoms with Crippen molar-refractivity contribution in [3.8, 4) is 0 Å². The summed E-state index contributed by atoms with van der Waals surface area (Å²) in [6, 6.07) is 3.97. The van der Waals surface area contributed by atoms with Gasteiger partial charge in [-0.1, -0.05) is 13.8 Å². The number of nitrogens with one attached hydrogen (secondary N) is 1. The second-order valence-electron chi connectivity index (χ2n) is 4.57. The molecule has 0 aromatic carbocycles. The Hall–Kier alpha value is -0.320. The molecule has 1 rings (SSSR count). The second-order valence-corrected chi connectivity index (χ2v) is 5.35. The molecular formula is C11H18BrNO2. The number of hydrogen-bond donors (Lipinski definition) is 2. The van der Waals surface area contributed by atoms with E-state index in [2.05, 4.69) is 21.2 Å². The molecule has 2 N–H and O–H groups in total. The van der Waals surface area contributed by atoms with E-state index < -0.39 is 0 Å². The van der Waals surface area contributed by atoms with Gasteiger partial charge in [-0.15, -0.1) is 0 Å². The molecule has 86 valence electrons. The zero-order chi connectivity index (χ0) is 11.5. The van der Waals surface area contributed by atoms with E-state index in [0.29, 0.717) is 0 Å². The molecule has 15 heavy (non-hydrogen) atoms. The summed E-state index contributed by atoms with van der Waals surface area (Å²) in [4.78, 5) is 0. The second kappa shape index (κ2) is 5.14.